The van der Waals surface area contributed by atoms with Crippen molar-refractivity contribution in [3.8, 4) is 0 Å². The number of furan rings is 1. The van der Waals surface area contributed by atoms with E-state index in [2.05, 4.69) is 22.3 Å². The van der Waals surface area contributed by atoms with Crippen molar-refractivity contribution in [3.05, 3.63) is 54.5 Å². The summed E-state index contributed by atoms with van der Waals surface area (Å²) >= 11 is 0. The molecule has 23 heavy (non-hydrogen) atoms. The van der Waals surface area contributed by atoms with Crippen molar-refractivity contribution in [1.82, 2.24) is 10.2 Å². The molecule has 1 saturated heterocycles. The molecule has 0 bridgehead atoms. The number of hydrogen-bond acceptors (Lipinski definition) is 4. The number of carbonyl (C=O) groups excluding carboxylic acids is 1. The molecular weight excluding hydrogens is 290 g/mol. The van der Waals surface area contributed by atoms with Crippen LogP contribution >= 0.6 is 0 Å². The highest BCUT2D eigenvalue weighted by Crippen LogP contribution is 2.16. The molecule has 5 nitrogen and oxygen atoms in total. The highest BCUT2D eigenvalue weighted by atomic mass is 16.3. The van der Waals surface area contributed by atoms with Crippen molar-refractivity contribution in [2.45, 2.75) is 19.5 Å². The summed E-state index contributed by atoms with van der Waals surface area (Å²) < 4.78 is 5.28. The van der Waals surface area contributed by atoms with Gasteiger partial charge in [0.15, 0.2) is 0 Å². The van der Waals surface area contributed by atoms with Crippen molar-refractivity contribution in [3.63, 3.8) is 0 Å². The smallest absolute Gasteiger partial charge is 0.239 e. The predicted molar refractivity (Wildman–Crippen MR) is 90.2 cm³/mol. The topological polar surface area (TPSA) is 48.7 Å². The third-order valence-electron chi connectivity index (χ3n) is 4.25. The lowest BCUT2D eigenvalue weighted by Crippen LogP contribution is -2.53. The molecule has 1 aromatic carbocycles. The minimum Gasteiger partial charge on any atom is -0.468 e. The second-order valence-electron chi connectivity index (χ2n) is 5.83. The molecule has 2 aromatic rings. The van der Waals surface area contributed by atoms with Crippen LogP contribution in [0.1, 0.15) is 12.7 Å². The van der Waals surface area contributed by atoms with E-state index >= 15 is 0 Å². The van der Waals surface area contributed by atoms with Gasteiger partial charge in [-0.05, 0) is 31.2 Å². The van der Waals surface area contributed by atoms with Gasteiger partial charge in [0, 0.05) is 31.9 Å². The molecule has 1 amide bonds. The van der Waals surface area contributed by atoms with Gasteiger partial charge >= 0.3 is 0 Å². The number of anilines is 1. The summed E-state index contributed by atoms with van der Waals surface area (Å²) in [5, 5.41) is 3.23. The van der Waals surface area contributed by atoms with E-state index in [9.17, 15) is 4.79 Å². The zero-order chi connectivity index (χ0) is 16.1. The van der Waals surface area contributed by atoms with Gasteiger partial charge in [0.2, 0.25) is 5.91 Å². The van der Waals surface area contributed by atoms with Gasteiger partial charge in [0.25, 0.3) is 0 Å². The number of carbonyl (C=O) groups is 1. The number of amides is 1. The number of hydrogen-bond donors (Lipinski definition) is 1. The minimum absolute atomic E-state index is 0.157. The molecule has 1 aromatic heterocycles. The van der Waals surface area contributed by atoms with Gasteiger partial charge < -0.3 is 14.2 Å². The van der Waals surface area contributed by atoms with Crippen LogP contribution in [0.2, 0.25) is 0 Å². The first kappa shape index (κ1) is 15.6. The summed E-state index contributed by atoms with van der Waals surface area (Å²) in [7, 11) is 0. The molecule has 0 aliphatic carbocycles. The highest BCUT2D eigenvalue weighted by molar-refractivity contribution is 5.81. The fraction of sp³-hybridized carbons (Fsp3) is 0.389. The number of nitrogens with zero attached hydrogens (tertiary/aromatic N) is 2. The van der Waals surface area contributed by atoms with E-state index < -0.39 is 0 Å². The molecule has 1 N–H and O–H groups in total. The van der Waals surface area contributed by atoms with Crippen LogP contribution in [-0.4, -0.2) is 43.0 Å². The lowest BCUT2D eigenvalue weighted by Gasteiger charge is -2.37. The van der Waals surface area contributed by atoms with Crippen LogP contribution in [0, 0.1) is 0 Å². The fourth-order valence-corrected chi connectivity index (χ4v) is 2.85. The van der Waals surface area contributed by atoms with Gasteiger partial charge in [-0.15, -0.1) is 0 Å². The molecule has 1 fully saturated rings. The zero-order valence-corrected chi connectivity index (χ0v) is 13.4. The van der Waals surface area contributed by atoms with Crippen LogP contribution in [0.3, 0.4) is 0 Å². The average molecular weight is 313 g/mol. The van der Waals surface area contributed by atoms with Gasteiger partial charge in [-0.25, -0.2) is 0 Å². The Labute approximate surface area is 136 Å². The largest absolute Gasteiger partial charge is 0.468 e. The van der Waals surface area contributed by atoms with E-state index in [1.54, 1.807) is 6.26 Å². The van der Waals surface area contributed by atoms with Gasteiger partial charge in [-0.1, -0.05) is 18.2 Å². The highest BCUT2D eigenvalue weighted by Gasteiger charge is 2.24. The molecular formula is C18H23N3O2. The van der Waals surface area contributed by atoms with E-state index in [1.807, 2.05) is 42.2 Å². The Bertz CT molecular complexity index is 604. The van der Waals surface area contributed by atoms with E-state index in [0.717, 1.165) is 31.9 Å². The minimum atomic E-state index is -0.205. The van der Waals surface area contributed by atoms with Crippen LogP contribution in [0.15, 0.2) is 53.1 Å². The second-order valence-corrected chi connectivity index (χ2v) is 5.83. The van der Waals surface area contributed by atoms with Crippen molar-refractivity contribution >= 4 is 11.6 Å². The Balaban J connectivity index is 1.47. The molecule has 1 aliphatic rings. The van der Waals surface area contributed by atoms with Crippen LogP contribution in [0.25, 0.3) is 0 Å². The normalized spacial score (nSPS) is 16.4. The first-order chi connectivity index (χ1) is 11.2. The summed E-state index contributed by atoms with van der Waals surface area (Å²) in [6, 6.07) is 13.9. The molecule has 1 aliphatic heterocycles. The quantitative estimate of drug-likeness (QED) is 0.918. The summed E-state index contributed by atoms with van der Waals surface area (Å²) in [5.41, 5.74) is 1.23. The molecule has 0 saturated carbocycles. The Hall–Kier alpha value is -2.27. The molecule has 122 valence electrons. The predicted octanol–water partition coefficient (Wildman–Crippen LogP) is 2.11. The summed E-state index contributed by atoms with van der Waals surface area (Å²) in [6.45, 7) is 5.76. The van der Waals surface area contributed by atoms with Gasteiger partial charge in [-0.3, -0.25) is 10.1 Å². The Kier molecular flexibility index (Phi) is 4.98. The van der Waals surface area contributed by atoms with Crippen molar-refractivity contribution in [1.29, 1.82) is 0 Å². The maximum atomic E-state index is 12.5. The molecule has 3 rings (SSSR count). The molecule has 2 heterocycles. The standard InChI is InChI=1S/C18H23N3O2/c1-15(19-14-17-8-5-13-23-17)18(22)21-11-9-20(10-12-21)16-6-3-2-4-7-16/h2-8,13,15,19H,9-12,14H2,1H3. The molecule has 1 atom stereocenters. The second kappa shape index (κ2) is 7.33. The molecule has 0 radical (unpaired) electrons. The van der Waals surface area contributed by atoms with E-state index in [1.165, 1.54) is 5.69 Å². The number of rotatable bonds is 5. The van der Waals surface area contributed by atoms with Gasteiger partial charge in [0.05, 0.1) is 18.8 Å². The number of piperazine rings is 1. The van der Waals surface area contributed by atoms with Gasteiger partial charge in [-0.2, -0.15) is 0 Å². The number of nitrogens with one attached hydrogen (secondary N) is 1. The maximum absolute atomic E-state index is 12.5. The fourth-order valence-electron chi connectivity index (χ4n) is 2.85. The summed E-state index contributed by atoms with van der Waals surface area (Å²) in [5.74, 6) is 1.00. The third-order valence-corrected chi connectivity index (χ3v) is 4.25. The van der Waals surface area contributed by atoms with E-state index in [4.69, 9.17) is 4.42 Å². The lowest BCUT2D eigenvalue weighted by molar-refractivity contribution is -0.133. The monoisotopic (exact) mass is 313 g/mol. The first-order valence-electron chi connectivity index (χ1n) is 8.08. The van der Waals surface area contributed by atoms with Crippen LogP contribution in [0.5, 0.6) is 0 Å². The van der Waals surface area contributed by atoms with Crippen molar-refractivity contribution in [2.24, 2.45) is 0 Å². The maximum Gasteiger partial charge on any atom is 0.239 e. The lowest BCUT2D eigenvalue weighted by atomic mass is 10.2. The van der Waals surface area contributed by atoms with Crippen LogP contribution in [0.4, 0.5) is 5.69 Å². The Morgan fingerprint density at radius 3 is 2.52 bits per heavy atom. The first-order valence-corrected chi connectivity index (χ1v) is 8.08. The summed E-state index contributed by atoms with van der Waals surface area (Å²) in [4.78, 5) is 16.8. The van der Waals surface area contributed by atoms with Crippen molar-refractivity contribution in [2.75, 3.05) is 31.1 Å². The Morgan fingerprint density at radius 1 is 1.13 bits per heavy atom. The SMILES string of the molecule is CC(NCc1ccco1)C(=O)N1CCN(c2ccccc2)CC1. The van der Waals surface area contributed by atoms with E-state index in [0.29, 0.717) is 6.54 Å². The number of para-hydroxylation sites is 1. The van der Waals surface area contributed by atoms with Crippen LogP contribution < -0.4 is 10.2 Å². The molecule has 5 heteroatoms. The zero-order valence-electron chi connectivity index (χ0n) is 13.4. The summed E-state index contributed by atoms with van der Waals surface area (Å²) in [6.07, 6.45) is 1.65. The van der Waals surface area contributed by atoms with Gasteiger partial charge in [0.1, 0.15) is 5.76 Å². The third kappa shape index (κ3) is 3.93. The van der Waals surface area contributed by atoms with Crippen molar-refractivity contribution < 1.29 is 9.21 Å². The number of benzene rings is 1. The Morgan fingerprint density at radius 2 is 1.87 bits per heavy atom. The van der Waals surface area contributed by atoms with E-state index in [-0.39, 0.29) is 11.9 Å². The molecule has 0 spiro atoms. The molecule has 1 unspecified atom stereocenters. The van der Waals surface area contributed by atoms with Crippen LogP contribution in [-0.2, 0) is 11.3 Å². The average Bonchev–Trinajstić information content (AvgIpc) is 3.13.